The van der Waals surface area contributed by atoms with Crippen LogP contribution in [0.5, 0.6) is 0 Å². The number of ketones is 1. The molecule has 1 aromatic carbocycles. The lowest BCUT2D eigenvalue weighted by molar-refractivity contribution is -0.198. The number of aliphatic hydroxyl groups excluding tert-OH is 1. The normalized spacial score (nSPS) is 22.9. The van der Waals surface area contributed by atoms with Crippen molar-refractivity contribution in [3.05, 3.63) is 29.3 Å². The Balaban J connectivity index is 2.19. The van der Waals surface area contributed by atoms with Crippen molar-refractivity contribution in [2.45, 2.75) is 31.0 Å². The second-order valence-electron chi connectivity index (χ2n) is 7.29. The number of carbonyl (C=O) groups excluding carboxylic acids is 2. The number of carbonyl (C=O) groups is 2. The Labute approximate surface area is 188 Å². The van der Waals surface area contributed by atoms with Crippen molar-refractivity contribution in [3.63, 3.8) is 0 Å². The van der Waals surface area contributed by atoms with Crippen molar-refractivity contribution in [2.24, 2.45) is 17.8 Å². The monoisotopic (exact) mass is 474 g/mol. The summed E-state index contributed by atoms with van der Waals surface area (Å²) in [7, 11) is 1.11. The van der Waals surface area contributed by atoms with Gasteiger partial charge in [-0.25, -0.2) is 4.79 Å². The quantitative estimate of drug-likeness (QED) is 0.353. The van der Waals surface area contributed by atoms with Crippen LogP contribution in [0.25, 0.3) is 0 Å². The predicted octanol–water partition coefficient (Wildman–Crippen LogP) is 2.92. The molecule has 0 amide bonds. The Morgan fingerprint density at radius 3 is 2.56 bits per heavy atom. The van der Waals surface area contributed by atoms with Crippen molar-refractivity contribution in [1.82, 2.24) is 0 Å². The molecule has 1 aliphatic carbocycles. The molecule has 4 atom stereocenters. The number of aliphatic hydroxyl groups is 1. The average Bonchev–Trinajstić information content (AvgIpc) is 3.01. The molecular weight excluding hydrogens is 449 g/mol. The average molecular weight is 474 g/mol. The highest BCUT2D eigenvalue weighted by molar-refractivity contribution is 7.99. The Hall–Kier alpha value is -2.22. The fourth-order valence-corrected chi connectivity index (χ4v) is 4.57. The third kappa shape index (κ3) is 6.64. The van der Waals surface area contributed by atoms with E-state index in [-0.39, 0.29) is 19.0 Å². The zero-order valence-corrected chi connectivity index (χ0v) is 18.7. The fourth-order valence-electron chi connectivity index (χ4n) is 3.40. The van der Waals surface area contributed by atoms with E-state index < -0.39 is 48.4 Å². The van der Waals surface area contributed by atoms with Gasteiger partial charge in [-0.2, -0.15) is 13.2 Å². The van der Waals surface area contributed by atoms with E-state index in [2.05, 4.69) is 16.8 Å². The van der Waals surface area contributed by atoms with Crippen molar-refractivity contribution in [2.75, 3.05) is 32.7 Å². The standard InChI is InChI=1S/C22H25F3O6S/c1-13-4-5-15(10-14(13)2)32-12-17-16(6-8-30-11-18(27)31-9-7-26)21(29-3)19(20(17)28)22(23,24)25/h4-5,10,16-17,19,21,26H,7,9,11-12H2,1-3H3/t16?,17-,19?,21?/m1/s1. The number of benzene rings is 1. The first-order valence-corrected chi connectivity index (χ1v) is 10.8. The van der Waals surface area contributed by atoms with E-state index in [0.717, 1.165) is 23.1 Å². The number of Topliss-reactive ketones (excluding diaryl/α,β-unsaturated/α-hetero) is 1. The van der Waals surface area contributed by atoms with Gasteiger partial charge in [-0.1, -0.05) is 12.0 Å². The van der Waals surface area contributed by atoms with Crippen molar-refractivity contribution >= 4 is 23.5 Å². The van der Waals surface area contributed by atoms with Crippen LogP contribution in [0.2, 0.25) is 0 Å². The van der Waals surface area contributed by atoms with Crippen LogP contribution in [-0.2, 0) is 23.8 Å². The molecule has 0 aliphatic heterocycles. The number of halogens is 3. The molecule has 2 rings (SSSR count). The lowest BCUT2D eigenvalue weighted by Gasteiger charge is -2.21. The van der Waals surface area contributed by atoms with E-state index in [0.29, 0.717) is 0 Å². The first kappa shape index (κ1) is 26.0. The number of hydrogen-bond acceptors (Lipinski definition) is 7. The molecule has 1 aliphatic rings. The van der Waals surface area contributed by atoms with Gasteiger partial charge >= 0.3 is 12.1 Å². The first-order chi connectivity index (χ1) is 15.1. The topological polar surface area (TPSA) is 82.1 Å². The van der Waals surface area contributed by atoms with Crippen LogP contribution in [0, 0.1) is 43.6 Å². The predicted molar refractivity (Wildman–Crippen MR) is 111 cm³/mol. The SMILES string of the molecule is COC1C(C#COCC(=O)OCCO)[C@@H](CSc2ccc(C)c(C)c2)C(=O)C1C(F)(F)F. The second kappa shape index (κ2) is 11.6. The highest BCUT2D eigenvalue weighted by atomic mass is 32.2. The van der Waals surface area contributed by atoms with E-state index in [4.69, 9.17) is 14.6 Å². The zero-order valence-electron chi connectivity index (χ0n) is 17.9. The van der Waals surface area contributed by atoms with Crippen molar-refractivity contribution in [3.8, 4) is 12.0 Å². The van der Waals surface area contributed by atoms with Gasteiger partial charge in [-0.3, -0.25) is 4.79 Å². The summed E-state index contributed by atoms with van der Waals surface area (Å²) < 4.78 is 55.3. The number of methoxy groups -OCH3 is 1. The van der Waals surface area contributed by atoms with Gasteiger partial charge in [0.2, 0.25) is 0 Å². The summed E-state index contributed by atoms with van der Waals surface area (Å²) in [5.41, 5.74) is 2.12. The zero-order chi connectivity index (χ0) is 23.9. The van der Waals surface area contributed by atoms with Gasteiger partial charge in [-0.05, 0) is 37.1 Å². The van der Waals surface area contributed by atoms with Crippen LogP contribution in [0.4, 0.5) is 13.2 Å². The molecule has 1 saturated carbocycles. The first-order valence-electron chi connectivity index (χ1n) is 9.82. The Morgan fingerprint density at radius 1 is 1.25 bits per heavy atom. The Kier molecular flexibility index (Phi) is 9.43. The number of alkyl halides is 3. The molecule has 0 spiro atoms. The molecule has 6 nitrogen and oxygen atoms in total. The maximum Gasteiger partial charge on any atom is 0.401 e. The molecule has 1 aromatic rings. The molecule has 0 bridgehead atoms. The summed E-state index contributed by atoms with van der Waals surface area (Å²) in [6.45, 7) is 2.76. The maximum absolute atomic E-state index is 13.6. The summed E-state index contributed by atoms with van der Waals surface area (Å²) in [4.78, 5) is 24.9. The van der Waals surface area contributed by atoms with E-state index in [1.807, 2.05) is 32.0 Å². The van der Waals surface area contributed by atoms with E-state index in [9.17, 15) is 22.8 Å². The molecule has 176 valence electrons. The fraction of sp³-hybridized carbons (Fsp3) is 0.545. The minimum absolute atomic E-state index is 0.0890. The van der Waals surface area contributed by atoms with Gasteiger partial charge in [0.25, 0.3) is 0 Å². The van der Waals surface area contributed by atoms with Gasteiger partial charge in [0, 0.05) is 23.7 Å². The van der Waals surface area contributed by atoms with Gasteiger partial charge in [0.1, 0.15) is 18.6 Å². The van der Waals surface area contributed by atoms with Crippen LogP contribution < -0.4 is 0 Å². The van der Waals surface area contributed by atoms with Crippen molar-refractivity contribution in [1.29, 1.82) is 0 Å². The lowest BCUT2D eigenvalue weighted by atomic mass is 9.97. The number of rotatable bonds is 8. The molecule has 1 N–H and O–H groups in total. The summed E-state index contributed by atoms with van der Waals surface area (Å²) >= 11 is 1.28. The number of esters is 1. The van der Waals surface area contributed by atoms with Gasteiger partial charge in [0.15, 0.2) is 12.4 Å². The van der Waals surface area contributed by atoms with Crippen molar-refractivity contribution < 1.29 is 42.1 Å². The molecule has 0 heterocycles. The molecule has 0 radical (unpaired) electrons. The second-order valence-corrected chi connectivity index (χ2v) is 8.38. The maximum atomic E-state index is 13.6. The number of ether oxygens (including phenoxy) is 3. The van der Waals surface area contributed by atoms with Crippen LogP contribution >= 0.6 is 11.8 Å². The molecule has 1 fully saturated rings. The number of hydrogen-bond donors (Lipinski definition) is 1. The van der Waals surface area contributed by atoms with Crippen LogP contribution in [0.15, 0.2) is 23.1 Å². The largest absolute Gasteiger partial charge is 0.461 e. The number of aryl methyl sites for hydroxylation is 2. The van der Waals surface area contributed by atoms with E-state index in [1.165, 1.54) is 11.8 Å². The molecule has 32 heavy (non-hydrogen) atoms. The third-order valence-corrected chi connectivity index (χ3v) is 6.28. The van der Waals surface area contributed by atoms with Gasteiger partial charge in [-0.15, -0.1) is 11.8 Å². The minimum Gasteiger partial charge on any atom is -0.461 e. The summed E-state index contributed by atoms with van der Waals surface area (Å²) in [6, 6.07) is 5.67. The highest BCUT2D eigenvalue weighted by Crippen LogP contribution is 2.45. The Morgan fingerprint density at radius 2 is 1.97 bits per heavy atom. The molecule has 3 unspecified atom stereocenters. The van der Waals surface area contributed by atoms with Crippen LogP contribution in [0.3, 0.4) is 0 Å². The molecule has 10 heteroatoms. The van der Waals surface area contributed by atoms with E-state index in [1.54, 1.807) is 0 Å². The third-order valence-electron chi connectivity index (χ3n) is 5.16. The summed E-state index contributed by atoms with van der Waals surface area (Å²) in [5, 5.41) is 8.61. The van der Waals surface area contributed by atoms with Crippen LogP contribution in [-0.4, -0.2) is 61.8 Å². The summed E-state index contributed by atoms with van der Waals surface area (Å²) in [6.07, 6.45) is -4.04. The summed E-state index contributed by atoms with van der Waals surface area (Å²) in [5.74, 6) is -3.50. The molecule has 0 aromatic heterocycles. The minimum atomic E-state index is -4.77. The highest BCUT2D eigenvalue weighted by Gasteiger charge is 2.60. The smallest absolute Gasteiger partial charge is 0.401 e. The number of thioether (sulfide) groups is 1. The van der Waals surface area contributed by atoms with Crippen LogP contribution in [0.1, 0.15) is 11.1 Å². The van der Waals surface area contributed by atoms with Gasteiger partial charge in [0.05, 0.1) is 18.6 Å². The van der Waals surface area contributed by atoms with E-state index >= 15 is 0 Å². The molecular formula is C22H25F3O6S. The Bertz CT molecular complexity index is 877. The van der Waals surface area contributed by atoms with Gasteiger partial charge < -0.3 is 19.3 Å². The lowest BCUT2D eigenvalue weighted by Crippen LogP contribution is -2.37. The molecule has 0 saturated heterocycles.